The molecule has 6 heteroatoms. The van der Waals surface area contributed by atoms with Crippen molar-refractivity contribution < 1.29 is 4.39 Å². The van der Waals surface area contributed by atoms with Crippen LogP contribution in [0.5, 0.6) is 0 Å². The van der Waals surface area contributed by atoms with Crippen LogP contribution >= 0.6 is 0 Å². The highest BCUT2D eigenvalue weighted by Crippen LogP contribution is 2.22. The van der Waals surface area contributed by atoms with E-state index in [1.165, 1.54) is 18.7 Å². The Bertz CT molecular complexity index is 510. The Labute approximate surface area is 111 Å². The van der Waals surface area contributed by atoms with Gasteiger partial charge in [-0.1, -0.05) is 0 Å². The van der Waals surface area contributed by atoms with Crippen LogP contribution in [0.2, 0.25) is 0 Å². The molecule has 1 aliphatic rings. The van der Waals surface area contributed by atoms with E-state index < -0.39 is 0 Å². The van der Waals surface area contributed by atoms with E-state index in [1.54, 1.807) is 18.7 Å². The fourth-order valence-electron chi connectivity index (χ4n) is 2.57. The minimum Gasteiger partial charge on any atom is -0.356 e. The van der Waals surface area contributed by atoms with Gasteiger partial charge in [0.25, 0.3) is 0 Å². The molecule has 100 valence electrons. The number of halogens is 1. The number of hydrogen-bond acceptors (Lipinski definition) is 4. The molecule has 0 saturated carbocycles. The predicted octanol–water partition coefficient (Wildman–Crippen LogP) is 1.73. The number of aromatic nitrogens is 4. The minimum absolute atomic E-state index is 0.292. The summed E-state index contributed by atoms with van der Waals surface area (Å²) >= 11 is 0. The third kappa shape index (κ3) is 2.89. The van der Waals surface area contributed by atoms with Crippen LogP contribution < -0.4 is 4.90 Å². The summed E-state index contributed by atoms with van der Waals surface area (Å²) in [4.78, 5) is 10.3. The Hall–Kier alpha value is -1.98. The maximum atomic E-state index is 12.9. The molecule has 2 aromatic heterocycles. The van der Waals surface area contributed by atoms with E-state index in [0.29, 0.717) is 5.92 Å². The Morgan fingerprint density at radius 3 is 3.05 bits per heavy atom. The molecular formula is C13H16FN5. The Morgan fingerprint density at radius 1 is 1.37 bits per heavy atom. The van der Waals surface area contributed by atoms with Gasteiger partial charge >= 0.3 is 0 Å². The maximum absolute atomic E-state index is 12.9. The van der Waals surface area contributed by atoms with Crippen LogP contribution in [0.15, 0.2) is 31.0 Å². The van der Waals surface area contributed by atoms with Gasteiger partial charge in [0.2, 0.25) is 0 Å². The van der Waals surface area contributed by atoms with Gasteiger partial charge in [0.05, 0.1) is 6.20 Å². The van der Waals surface area contributed by atoms with E-state index in [0.717, 1.165) is 31.9 Å². The zero-order chi connectivity index (χ0) is 13.1. The van der Waals surface area contributed by atoms with E-state index in [9.17, 15) is 4.39 Å². The summed E-state index contributed by atoms with van der Waals surface area (Å²) in [5, 5.41) is 4.14. The molecule has 0 spiro atoms. The summed E-state index contributed by atoms with van der Waals surface area (Å²) in [7, 11) is 0. The van der Waals surface area contributed by atoms with Gasteiger partial charge < -0.3 is 4.90 Å². The molecule has 2 aromatic rings. The third-order valence-electron chi connectivity index (χ3n) is 3.47. The molecule has 19 heavy (non-hydrogen) atoms. The van der Waals surface area contributed by atoms with Gasteiger partial charge in [-0.25, -0.2) is 14.4 Å². The molecule has 1 unspecified atom stereocenters. The van der Waals surface area contributed by atoms with Crippen LogP contribution in [0.4, 0.5) is 10.2 Å². The number of nitrogens with zero attached hydrogens (tertiary/aromatic N) is 5. The normalized spacial score (nSPS) is 19.6. The lowest BCUT2D eigenvalue weighted by Crippen LogP contribution is -2.37. The van der Waals surface area contributed by atoms with Crippen molar-refractivity contribution in [2.24, 2.45) is 5.92 Å². The van der Waals surface area contributed by atoms with E-state index in [4.69, 9.17) is 0 Å². The smallest absolute Gasteiger partial charge is 0.141 e. The van der Waals surface area contributed by atoms with Crippen LogP contribution in [0.3, 0.4) is 0 Å². The lowest BCUT2D eigenvalue weighted by molar-refractivity contribution is 0.350. The molecule has 1 atom stereocenters. The van der Waals surface area contributed by atoms with Crippen molar-refractivity contribution in [2.75, 3.05) is 18.0 Å². The third-order valence-corrected chi connectivity index (χ3v) is 3.47. The largest absolute Gasteiger partial charge is 0.356 e. The molecule has 0 aliphatic carbocycles. The van der Waals surface area contributed by atoms with Gasteiger partial charge in [-0.3, -0.25) is 4.68 Å². The van der Waals surface area contributed by atoms with Crippen molar-refractivity contribution in [2.45, 2.75) is 19.4 Å². The summed E-state index contributed by atoms with van der Waals surface area (Å²) in [6.45, 7) is 2.78. The highest BCUT2D eigenvalue weighted by molar-refractivity contribution is 5.38. The average Bonchev–Trinajstić information content (AvgIpc) is 2.93. The molecule has 0 N–H and O–H groups in total. The monoisotopic (exact) mass is 261 g/mol. The van der Waals surface area contributed by atoms with Crippen molar-refractivity contribution in [3.63, 3.8) is 0 Å². The van der Waals surface area contributed by atoms with Crippen LogP contribution in [-0.2, 0) is 6.54 Å². The quantitative estimate of drug-likeness (QED) is 0.844. The van der Waals surface area contributed by atoms with Crippen LogP contribution in [-0.4, -0.2) is 32.8 Å². The first-order chi connectivity index (χ1) is 9.31. The molecule has 0 bridgehead atoms. The Kier molecular flexibility index (Phi) is 3.39. The lowest BCUT2D eigenvalue weighted by atomic mass is 9.98. The summed E-state index contributed by atoms with van der Waals surface area (Å²) in [5.41, 5.74) is 0. The zero-order valence-electron chi connectivity index (χ0n) is 10.6. The first-order valence-corrected chi connectivity index (χ1v) is 6.50. The summed E-state index contributed by atoms with van der Waals surface area (Å²) in [5.74, 6) is 1.09. The van der Waals surface area contributed by atoms with Crippen LogP contribution in [0.25, 0.3) is 0 Å². The second-order valence-electron chi connectivity index (χ2n) is 4.91. The van der Waals surface area contributed by atoms with Crippen LogP contribution in [0.1, 0.15) is 12.8 Å². The van der Waals surface area contributed by atoms with E-state index in [2.05, 4.69) is 20.0 Å². The Morgan fingerprint density at radius 2 is 2.32 bits per heavy atom. The van der Waals surface area contributed by atoms with Crippen molar-refractivity contribution in [1.29, 1.82) is 0 Å². The highest BCUT2D eigenvalue weighted by Gasteiger charge is 2.21. The van der Waals surface area contributed by atoms with Gasteiger partial charge in [0.1, 0.15) is 24.3 Å². The van der Waals surface area contributed by atoms with Gasteiger partial charge in [0.15, 0.2) is 0 Å². The van der Waals surface area contributed by atoms with Gasteiger partial charge in [-0.2, -0.15) is 5.10 Å². The Balaban J connectivity index is 1.66. The van der Waals surface area contributed by atoms with Crippen LogP contribution in [0, 0.1) is 11.7 Å². The zero-order valence-corrected chi connectivity index (χ0v) is 10.6. The van der Waals surface area contributed by atoms with Crippen molar-refractivity contribution >= 4 is 5.82 Å². The first-order valence-electron chi connectivity index (χ1n) is 6.50. The molecule has 3 rings (SSSR count). The topological polar surface area (TPSA) is 46.8 Å². The molecule has 0 amide bonds. The van der Waals surface area contributed by atoms with Crippen molar-refractivity contribution in [3.8, 4) is 0 Å². The highest BCUT2D eigenvalue weighted by atomic mass is 19.1. The fraction of sp³-hybridized carbons (Fsp3) is 0.462. The lowest BCUT2D eigenvalue weighted by Gasteiger charge is -2.33. The number of rotatable bonds is 3. The summed E-state index contributed by atoms with van der Waals surface area (Å²) in [6.07, 6.45) is 6.88. The number of pyridine rings is 1. The van der Waals surface area contributed by atoms with E-state index in [1.807, 2.05) is 4.68 Å². The van der Waals surface area contributed by atoms with Gasteiger partial charge in [-0.05, 0) is 30.9 Å². The second-order valence-corrected chi connectivity index (χ2v) is 4.91. The molecule has 1 saturated heterocycles. The molecule has 0 radical (unpaired) electrons. The molecule has 3 heterocycles. The van der Waals surface area contributed by atoms with E-state index in [-0.39, 0.29) is 5.82 Å². The van der Waals surface area contributed by atoms with E-state index >= 15 is 0 Å². The van der Waals surface area contributed by atoms with Gasteiger partial charge in [0, 0.05) is 19.6 Å². The fourth-order valence-corrected chi connectivity index (χ4v) is 2.57. The van der Waals surface area contributed by atoms with Gasteiger partial charge in [-0.15, -0.1) is 0 Å². The summed E-state index contributed by atoms with van der Waals surface area (Å²) < 4.78 is 14.8. The standard InChI is InChI=1S/C13H16FN5/c14-12-3-4-13(16-6-12)18-5-1-2-11(7-18)8-19-10-15-9-17-19/h3-4,6,9-11H,1-2,5,7-8H2. The average molecular weight is 261 g/mol. The number of anilines is 1. The molecule has 1 aliphatic heterocycles. The first kappa shape index (κ1) is 12.1. The predicted molar refractivity (Wildman–Crippen MR) is 69.2 cm³/mol. The van der Waals surface area contributed by atoms with Crippen molar-refractivity contribution in [1.82, 2.24) is 19.7 Å². The summed E-state index contributed by atoms with van der Waals surface area (Å²) in [6, 6.07) is 3.20. The molecular weight excluding hydrogens is 245 g/mol. The molecule has 5 nitrogen and oxygen atoms in total. The number of piperidine rings is 1. The van der Waals surface area contributed by atoms with Crippen molar-refractivity contribution in [3.05, 3.63) is 36.8 Å². The maximum Gasteiger partial charge on any atom is 0.141 e. The molecule has 0 aromatic carbocycles. The molecule has 1 fully saturated rings. The second kappa shape index (κ2) is 5.34. The SMILES string of the molecule is Fc1ccc(N2CCCC(Cn3cncn3)C2)nc1. The minimum atomic E-state index is -0.292. The number of hydrogen-bond donors (Lipinski definition) is 0.